The number of nitrogens with two attached hydrogens (primary N) is 1. The molecule has 5 nitrogen and oxygen atoms in total. The Balaban J connectivity index is 2.58. The molecule has 2 aromatic rings. The summed E-state index contributed by atoms with van der Waals surface area (Å²) in [6.45, 7) is 7.65. The fourth-order valence-corrected chi connectivity index (χ4v) is 2.74. The molecule has 0 saturated carbocycles. The van der Waals surface area contributed by atoms with Crippen LogP contribution in [-0.2, 0) is 0 Å². The van der Waals surface area contributed by atoms with Gasteiger partial charge in [-0.2, -0.15) is 5.10 Å². The summed E-state index contributed by atoms with van der Waals surface area (Å²) in [6, 6.07) is 0.0797. The smallest absolute Gasteiger partial charge is 0.263 e. The topological polar surface area (TPSA) is 80.9 Å². The Morgan fingerprint density at radius 3 is 2.61 bits per heavy atom. The molecule has 2 heterocycles. The lowest BCUT2D eigenvalue weighted by Gasteiger charge is -2.07. The molecule has 0 aliphatic heterocycles. The number of nitrogen functional groups attached to an aromatic ring is 1. The van der Waals surface area contributed by atoms with Crippen molar-refractivity contribution in [2.45, 2.75) is 33.7 Å². The van der Waals surface area contributed by atoms with Crippen LogP contribution in [0.5, 0.6) is 0 Å². The van der Waals surface area contributed by atoms with Crippen molar-refractivity contribution in [3.05, 3.63) is 16.1 Å². The van der Waals surface area contributed by atoms with Crippen LogP contribution >= 0.6 is 11.3 Å². The van der Waals surface area contributed by atoms with Gasteiger partial charge in [0.1, 0.15) is 9.71 Å². The number of aryl methyl sites for hydroxylation is 2. The van der Waals surface area contributed by atoms with E-state index in [0.29, 0.717) is 15.4 Å². The number of rotatable bonds is 2. The van der Waals surface area contributed by atoms with E-state index < -0.39 is 0 Å². The average molecular weight is 264 g/mol. The van der Waals surface area contributed by atoms with E-state index in [4.69, 9.17) is 5.73 Å². The first-order valence-electron chi connectivity index (χ1n) is 5.74. The third-order valence-corrected chi connectivity index (χ3v) is 3.85. The van der Waals surface area contributed by atoms with E-state index in [-0.39, 0.29) is 11.9 Å². The maximum absolute atomic E-state index is 12.0. The van der Waals surface area contributed by atoms with Gasteiger partial charge in [-0.05, 0) is 33.3 Å². The van der Waals surface area contributed by atoms with Crippen LogP contribution in [-0.4, -0.2) is 22.1 Å². The third-order valence-electron chi connectivity index (χ3n) is 2.76. The van der Waals surface area contributed by atoms with Gasteiger partial charge in [0.25, 0.3) is 5.91 Å². The maximum Gasteiger partial charge on any atom is 0.263 e. The highest BCUT2D eigenvalue weighted by Crippen LogP contribution is 2.34. The fourth-order valence-electron chi connectivity index (χ4n) is 1.74. The van der Waals surface area contributed by atoms with Crippen LogP contribution in [0.25, 0.3) is 10.2 Å². The molecule has 2 rings (SSSR count). The van der Waals surface area contributed by atoms with Gasteiger partial charge in [0.05, 0.1) is 11.4 Å². The van der Waals surface area contributed by atoms with Crippen LogP contribution in [0.4, 0.5) is 5.69 Å². The second-order valence-corrected chi connectivity index (χ2v) is 5.56. The van der Waals surface area contributed by atoms with Gasteiger partial charge in [0, 0.05) is 11.4 Å². The quantitative estimate of drug-likeness (QED) is 0.869. The second-order valence-electron chi connectivity index (χ2n) is 4.56. The highest BCUT2D eigenvalue weighted by Gasteiger charge is 2.20. The van der Waals surface area contributed by atoms with Crippen molar-refractivity contribution in [1.82, 2.24) is 15.5 Å². The minimum absolute atomic E-state index is 0.0797. The van der Waals surface area contributed by atoms with Crippen molar-refractivity contribution in [3.63, 3.8) is 0 Å². The van der Waals surface area contributed by atoms with Crippen molar-refractivity contribution in [2.75, 3.05) is 5.73 Å². The number of thiophene rings is 1. The van der Waals surface area contributed by atoms with Gasteiger partial charge in [0.15, 0.2) is 0 Å². The number of nitrogens with one attached hydrogen (secondary N) is 1. The Morgan fingerprint density at radius 1 is 1.33 bits per heavy atom. The van der Waals surface area contributed by atoms with E-state index >= 15 is 0 Å². The summed E-state index contributed by atoms with van der Waals surface area (Å²) in [6.07, 6.45) is 0. The van der Waals surface area contributed by atoms with Gasteiger partial charge in [-0.15, -0.1) is 16.4 Å². The van der Waals surface area contributed by atoms with E-state index in [0.717, 1.165) is 16.6 Å². The summed E-state index contributed by atoms with van der Waals surface area (Å²) in [5, 5.41) is 11.8. The SMILES string of the molecule is Cc1nnc2sc(C(=O)NC(C)C)c(N)c2c1C. The summed E-state index contributed by atoms with van der Waals surface area (Å²) in [7, 11) is 0. The van der Waals surface area contributed by atoms with E-state index in [1.807, 2.05) is 27.7 Å². The zero-order valence-electron chi connectivity index (χ0n) is 10.9. The molecule has 0 unspecified atom stereocenters. The molecule has 2 aromatic heterocycles. The zero-order valence-corrected chi connectivity index (χ0v) is 11.7. The number of hydrogen-bond donors (Lipinski definition) is 2. The van der Waals surface area contributed by atoms with Gasteiger partial charge in [-0.25, -0.2) is 0 Å². The zero-order chi connectivity index (χ0) is 13.4. The Morgan fingerprint density at radius 2 is 2.00 bits per heavy atom. The van der Waals surface area contributed by atoms with Crippen LogP contribution in [0.3, 0.4) is 0 Å². The molecular formula is C12H16N4OS. The molecule has 0 bridgehead atoms. The van der Waals surface area contributed by atoms with Crippen molar-refractivity contribution >= 4 is 33.1 Å². The second kappa shape index (κ2) is 4.53. The van der Waals surface area contributed by atoms with Crippen LogP contribution in [0.1, 0.15) is 34.8 Å². The molecule has 6 heteroatoms. The number of anilines is 1. The molecule has 0 radical (unpaired) electrons. The van der Waals surface area contributed by atoms with Crippen molar-refractivity contribution < 1.29 is 4.79 Å². The predicted octanol–water partition coefficient (Wildman–Crippen LogP) is 2.03. The number of fused-ring (bicyclic) bond motifs is 1. The number of aromatic nitrogens is 2. The first-order chi connectivity index (χ1) is 8.41. The molecule has 0 aliphatic rings. The Bertz CT molecular complexity index is 618. The monoisotopic (exact) mass is 264 g/mol. The highest BCUT2D eigenvalue weighted by atomic mass is 32.1. The lowest BCUT2D eigenvalue weighted by atomic mass is 10.1. The largest absolute Gasteiger partial charge is 0.397 e. The molecule has 18 heavy (non-hydrogen) atoms. The molecule has 0 fully saturated rings. The fraction of sp³-hybridized carbons (Fsp3) is 0.417. The number of carbonyl (C=O) groups is 1. The molecule has 0 aliphatic carbocycles. The third kappa shape index (κ3) is 2.03. The Hall–Kier alpha value is -1.69. The lowest BCUT2D eigenvalue weighted by Crippen LogP contribution is -2.29. The molecule has 96 valence electrons. The van der Waals surface area contributed by atoms with Crippen molar-refractivity contribution in [2.24, 2.45) is 0 Å². The van der Waals surface area contributed by atoms with Crippen molar-refractivity contribution in [1.29, 1.82) is 0 Å². The summed E-state index contributed by atoms with van der Waals surface area (Å²) in [4.78, 5) is 13.2. The first kappa shape index (κ1) is 12.8. The van der Waals surface area contributed by atoms with E-state index in [2.05, 4.69) is 15.5 Å². The molecule has 3 N–H and O–H groups in total. The summed E-state index contributed by atoms with van der Waals surface area (Å²) in [5.74, 6) is -0.150. The molecule has 0 atom stereocenters. The summed E-state index contributed by atoms with van der Waals surface area (Å²) >= 11 is 1.29. The van der Waals surface area contributed by atoms with Crippen LogP contribution in [0.2, 0.25) is 0 Å². The predicted molar refractivity (Wildman–Crippen MR) is 73.9 cm³/mol. The highest BCUT2D eigenvalue weighted by molar-refractivity contribution is 7.21. The molecule has 1 amide bonds. The van der Waals surface area contributed by atoms with Gasteiger partial charge >= 0.3 is 0 Å². The molecular weight excluding hydrogens is 248 g/mol. The van der Waals surface area contributed by atoms with Gasteiger partial charge in [0.2, 0.25) is 0 Å². The Labute approximate surface area is 109 Å². The number of nitrogens with zero attached hydrogens (tertiary/aromatic N) is 2. The minimum atomic E-state index is -0.150. The lowest BCUT2D eigenvalue weighted by molar-refractivity contribution is 0.0948. The van der Waals surface area contributed by atoms with Crippen LogP contribution in [0, 0.1) is 13.8 Å². The van der Waals surface area contributed by atoms with Gasteiger partial charge in [-0.3, -0.25) is 4.79 Å². The van der Waals surface area contributed by atoms with Gasteiger partial charge in [-0.1, -0.05) is 0 Å². The van der Waals surface area contributed by atoms with Crippen LogP contribution in [0.15, 0.2) is 0 Å². The average Bonchev–Trinajstić information content (AvgIpc) is 2.61. The summed E-state index contributed by atoms with van der Waals surface area (Å²) in [5.41, 5.74) is 8.39. The first-order valence-corrected chi connectivity index (χ1v) is 6.56. The normalized spacial score (nSPS) is 11.2. The molecule has 0 aromatic carbocycles. The van der Waals surface area contributed by atoms with E-state index in [9.17, 15) is 4.79 Å². The minimum Gasteiger partial charge on any atom is -0.397 e. The summed E-state index contributed by atoms with van der Waals surface area (Å²) < 4.78 is 0. The standard InChI is InChI=1S/C12H16N4OS/c1-5(2)14-11(17)10-9(13)8-6(3)7(4)15-16-12(8)18-10/h5H,13H2,1-4H3,(H,14,17). The van der Waals surface area contributed by atoms with E-state index in [1.54, 1.807) is 0 Å². The van der Waals surface area contributed by atoms with E-state index in [1.165, 1.54) is 11.3 Å². The Kier molecular flexibility index (Phi) is 3.21. The molecule has 0 spiro atoms. The van der Waals surface area contributed by atoms with Crippen molar-refractivity contribution in [3.8, 4) is 0 Å². The molecule has 0 saturated heterocycles. The van der Waals surface area contributed by atoms with Gasteiger partial charge < -0.3 is 11.1 Å². The number of amides is 1. The number of hydrogen-bond acceptors (Lipinski definition) is 5. The maximum atomic E-state index is 12.0. The van der Waals surface area contributed by atoms with Crippen LogP contribution < -0.4 is 11.1 Å². The number of carbonyl (C=O) groups excluding carboxylic acids is 1.